The SMILES string of the molecule is N/N=C(\NN)NC(=O)N1CCN(Cc2ccc3c(c2)OC(F)(F)O3)CC1. The van der Waals surface area contributed by atoms with E-state index in [-0.39, 0.29) is 23.5 Å². The van der Waals surface area contributed by atoms with Crippen molar-refractivity contribution in [1.29, 1.82) is 0 Å². The molecule has 0 bridgehead atoms. The molecule has 10 nitrogen and oxygen atoms in total. The van der Waals surface area contributed by atoms with Gasteiger partial charge < -0.3 is 20.2 Å². The number of hydrogen-bond acceptors (Lipinski definition) is 7. The van der Waals surface area contributed by atoms with Crippen molar-refractivity contribution < 1.29 is 23.0 Å². The Morgan fingerprint density at radius 2 is 1.92 bits per heavy atom. The van der Waals surface area contributed by atoms with Crippen molar-refractivity contribution in [2.75, 3.05) is 26.2 Å². The minimum atomic E-state index is -3.62. The molecule has 0 aliphatic carbocycles. The smallest absolute Gasteiger partial charge is 0.395 e. The van der Waals surface area contributed by atoms with Crippen LogP contribution in [0.5, 0.6) is 11.5 Å². The van der Waals surface area contributed by atoms with Gasteiger partial charge in [0.25, 0.3) is 0 Å². The van der Waals surface area contributed by atoms with Crippen LogP contribution in [0, 0.1) is 0 Å². The third-order valence-electron chi connectivity index (χ3n) is 4.02. The van der Waals surface area contributed by atoms with Crippen LogP contribution in [0.1, 0.15) is 5.56 Å². The van der Waals surface area contributed by atoms with Crippen molar-refractivity contribution in [3.8, 4) is 11.5 Å². The fourth-order valence-corrected chi connectivity index (χ4v) is 2.75. The number of hydrazone groups is 1. The van der Waals surface area contributed by atoms with Crippen molar-refractivity contribution in [2.24, 2.45) is 16.8 Å². The van der Waals surface area contributed by atoms with Crippen molar-refractivity contribution in [2.45, 2.75) is 12.8 Å². The Kier molecular flexibility index (Phi) is 4.95. The predicted molar refractivity (Wildman–Crippen MR) is 87.0 cm³/mol. The monoisotopic (exact) mass is 371 g/mol. The predicted octanol–water partition coefficient (Wildman–Crippen LogP) is -0.472. The molecule has 2 aliphatic rings. The summed E-state index contributed by atoms with van der Waals surface area (Å²) in [5.74, 6) is 10.2. The molecule has 6 N–H and O–H groups in total. The maximum absolute atomic E-state index is 13.1. The number of benzene rings is 1. The third-order valence-corrected chi connectivity index (χ3v) is 4.02. The first-order chi connectivity index (χ1) is 12.4. The van der Waals surface area contributed by atoms with E-state index in [9.17, 15) is 13.6 Å². The number of amides is 2. The van der Waals surface area contributed by atoms with Crippen molar-refractivity contribution in [1.82, 2.24) is 20.5 Å². The Hall–Kier alpha value is -2.86. The Morgan fingerprint density at radius 1 is 1.23 bits per heavy atom. The van der Waals surface area contributed by atoms with E-state index in [1.54, 1.807) is 11.0 Å². The van der Waals surface area contributed by atoms with E-state index in [0.717, 1.165) is 5.56 Å². The van der Waals surface area contributed by atoms with E-state index >= 15 is 0 Å². The van der Waals surface area contributed by atoms with Gasteiger partial charge in [0.05, 0.1) is 0 Å². The van der Waals surface area contributed by atoms with Gasteiger partial charge in [-0.2, -0.15) is 0 Å². The number of carbonyl (C=O) groups excluding carboxylic acids is 1. The summed E-state index contributed by atoms with van der Waals surface area (Å²) >= 11 is 0. The molecule has 0 radical (unpaired) electrons. The number of nitrogens with two attached hydrogens (primary N) is 2. The Bertz CT molecular complexity index is 708. The number of urea groups is 1. The van der Waals surface area contributed by atoms with Gasteiger partial charge in [0.2, 0.25) is 5.96 Å². The first-order valence-electron chi connectivity index (χ1n) is 7.82. The number of alkyl halides is 2. The van der Waals surface area contributed by atoms with Crippen LogP contribution < -0.4 is 31.9 Å². The van der Waals surface area contributed by atoms with Crippen molar-refractivity contribution in [3.63, 3.8) is 0 Å². The van der Waals surface area contributed by atoms with Crippen LogP contribution in [0.3, 0.4) is 0 Å². The number of fused-ring (bicyclic) bond motifs is 1. The van der Waals surface area contributed by atoms with Crippen molar-refractivity contribution in [3.05, 3.63) is 23.8 Å². The summed E-state index contributed by atoms with van der Waals surface area (Å²) in [6.45, 7) is 2.73. The highest BCUT2D eigenvalue weighted by atomic mass is 19.3. The molecular weight excluding hydrogens is 352 g/mol. The van der Waals surface area contributed by atoms with Crippen LogP contribution in [0.2, 0.25) is 0 Å². The lowest BCUT2D eigenvalue weighted by molar-refractivity contribution is -0.286. The van der Waals surface area contributed by atoms with Gasteiger partial charge in [-0.3, -0.25) is 15.6 Å². The van der Waals surface area contributed by atoms with E-state index < -0.39 is 6.29 Å². The number of ether oxygens (including phenoxy) is 2. The molecule has 0 unspecified atom stereocenters. The zero-order valence-electron chi connectivity index (χ0n) is 13.7. The summed E-state index contributed by atoms with van der Waals surface area (Å²) < 4.78 is 35.0. The standard InChI is InChI=1S/C14H19F2N7O3/c15-14(16)25-10-2-1-9(7-11(10)26-14)8-22-3-5-23(6-4-22)13(24)19-12(20-17)21-18/h1-2,7H,3-6,8,17-18H2,(H2,19,20,21,24). The number of hydrazine groups is 1. The van der Waals surface area contributed by atoms with E-state index in [1.165, 1.54) is 12.1 Å². The summed E-state index contributed by atoms with van der Waals surface area (Å²) in [7, 11) is 0. The maximum Gasteiger partial charge on any atom is 0.586 e. The lowest BCUT2D eigenvalue weighted by Crippen LogP contribution is -2.55. The van der Waals surface area contributed by atoms with E-state index in [1.807, 2.05) is 0 Å². The van der Waals surface area contributed by atoms with Gasteiger partial charge in [-0.05, 0) is 17.7 Å². The summed E-state index contributed by atoms with van der Waals surface area (Å²) in [6, 6.07) is 4.34. The molecule has 1 aromatic rings. The average Bonchev–Trinajstić information content (AvgIpc) is 2.93. The highest BCUT2D eigenvalue weighted by molar-refractivity contribution is 5.95. The molecule has 0 aromatic heterocycles. The Morgan fingerprint density at radius 3 is 2.58 bits per heavy atom. The molecule has 26 heavy (non-hydrogen) atoms. The van der Waals surface area contributed by atoms with Crippen molar-refractivity contribution >= 4 is 12.0 Å². The topological polar surface area (TPSA) is 130 Å². The highest BCUT2D eigenvalue weighted by Crippen LogP contribution is 2.41. The van der Waals surface area contributed by atoms with Crippen LogP contribution in [-0.2, 0) is 6.54 Å². The summed E-state index contributed by atoms with van der Waals surface area (Å²) in [6.07, 6.45) is -3.62. The van der Waals surface area contributed by atoms with Gasteiger partial charge in [0.15, 0.2) is 11.5 Å². The van der Waals surface area contributed by atoms with Crippen LogP contribution >= 0.6 is 0 Å². The number of carbonyl (C=O) groups is 1. The zero-order valence-corrected chi connectivity index (χ0v) is 13.7. The number of piperazine rings is 1. The van der Waals surface area contributed by atoms with Gasteiger partial charge in [0.1, 0.15) is 0 Å². The van der Waals surface area contributed by atoms with Crippen LogP contribution in [0.4, 0.5) is 13.6 Å². The number of halogens is 2. The minimum Gasteiger partial charge on any atom is -0.395 e. The summed E-state index contributed by atoms with van der Waals surface area (Å²) in [5.41, 5.74) is 2.98. The Labute approximate surface area is 147 Å². The maximum atomic E-state index is 13.1. The second-order valence-electron chi connectivity index (χ2n) is 5.76. The molecule has 12 heteroatoms. The fourth-order valence-electron chi connectivity index (χ4n) is 2.75. The second kappa shape index (κ2) is 7.17. The minimum absolute atomic E-state index is 0.0196. The number of rotatable bonds is 2. The second-order valence-corrected chi connectivity index (χ2v) is 5.76. The zero-order chi connectivity index (χ0) is 18.7. The molecular formula is C14H19F2N7O3. The lowest BCUT2D eigenvalue weighted by atomic mass is 10.1. The molecule has 1 saturated heterocycles. The molecule has 0 spiro atoms. The molecule has 1 aromatic carbocycles. The van der Waals surface area contributed by atoms with E-state index in [0.29, 0.717) is 32.7 Å². The number of guanidine groups is 1. The van der Waals surface area contributed by atoms with E-state index in [4.69, 9.17) is 11.7 Å². The van der Waals surface area contributed by atoms with Gasteiger partial charge in [-0.1, -0.05) is 6.07 Å². The first-order valence-corrected chi connectivity index (χ1v) is 7.82. The van der Waals surface area contributed by atoms with Gasteiger partial charge in [0, 0.05) is 32.7 Å². The van der Waals surface area contributed by atoms with Crippen LogP contribution in [-0.4, -0.2) is 54.3 Å². The number of nitrogens with one attached hydrogen (secondary N) is 2. The molecule has 0 atom stereocenters. The average molecular weight is 371 g/mol. The first kappa shape index (κ1) is 17.9. The quantitative estimate of drug-likeness (QED) is 0.239. The fraction of sp³-hybridized carbons (Fsp3) is 0.429. The molecule has 2 heterocycles. The summed E-state index contributed by atoms with van der Waals surface area (Å²) in [4.78, 5) is 15.7. The molecule has 0 saturated carbocycles. The van der Waals surface area contributed by atoms with E-state index in [2.05, 4.69) is 30.2 Å². The third kappa shape index (κ3) is 4.03. The lowest BCUT2D eigenvalue weighted by Gasteiger charge is -2.34. The number of hydrogen-bond donors (Lipinski definition) is 4. The molecule has 142 valence electrons. The molecule has 1 fully saturated rings. The van der Waals surface area contributed by atoms with Crippen LogP contribution in [0.15, 0.2) is 23.3 Å². The Balaban J connectivity index is 1.51. The largest absolute Gasteiger partial charge is 0.586 e. The molecule has 3 rings (SSSR count). The highest BCUT2D eigenvalue weighted by Gasteiger charge is 2.43. The summed E-state index contributed by atoms with van der Waals surface area (Å²) in [5, 5.41) is 5.73. The number of nitrogens with zero attached hydrogens (tertiary/aromatic N) is 3. The van der Waals surface area contributed by atoms with Gasteiger partial charge >= 0.3 is 12.3 Å². The van der Waals surface area contributed by atoms with Gasteiger partial charge in [-0.15, -0.1) is 13.9 Å². The molecule has 2 aliphatic heterocycles. The normalized spacial score (nSPS) is 19.3. The van der Waals surface area contributed by atoms with Gasteiger partial charge in [-0.25, -0.2) is 10.6 Å². The van der Waals surface area contributed by atoms with Crippen LogP contribution in [0.25, 0.3) is 0 Å². The molecule has 2 amide bonds.